The number of hydrogen-bond acceptors (Lipinski definition) is 7. The number of rotatable bonds is 7. The molecule has 9 nitrogen and oxygen atoms in total. The zero-order valence-corrected chi connectivity index (χ0v) is 16.3. The summed E-state index contributed by atoms with van der Waals surface area (Å²) in [5.41, 5.74) is 0.768. The quantitative estimate of drug-likeness (QED) is 0.748. The van der Waals surface area contributed by atoms with E-state index in [4.69, 9.17) is 4.74 Å². The molecule has 0 unspecified atom stereocenters. The number of anilines is 2. The van der Waals surface area contributed by atoms with Gasteiger partial charge in [-0.3, -0.25) is 9.48 Å². The summed E-state index contributed by atoms with van der Waals surface area (Å²) in [6.45, 7) is 4.11. The van der Waals surface area contributed by atoms with Gasteiger partial charge in [0, 0.05) is 53.2 Å². The number of aromatic nitrogens is 4. The van der Waals surface area contributed by atoms with Crippen LogP contribution in [0.5, 0.6) is 0 Å². The van der Waals surface area contributed by atoms with Crippen molar-refractivity contribution in [2.75, 3.05) is 44.1 Å². The average Bonchev–Trinajstić information content (AvgIpc) is 3.28. The Morgan fingerprint density at radius 2 is 2.19 bits per heavy atom. The standard InChI is InChI=1S/C18H27N7O2/c1-5-25-9-7-13(22-25)10-17(26)20-14-11-24(12-15(14)27-4)16-6-8-19-18(21-16)23(2)3/h6-9,14-15H,5,10-12H2,1-4H3,(H,20,26)/t14-,15+/m1/s1. The topological polar surface area (TPSA) is 88.4 Å². The molecule has 1 saturated heterocycles. The van der Waals surface area contributed by atoms with Crippen LogP contribution in [0.2, 0.25) is 0 Å². The molecule has 2 aromatic rings. The van der Waals surface area contributed by atoms with Crippen molar-refractivity contribution in [2.24, 2.45) is 0 Å². The molecule has 1 N–H and O–H groups in total. The number of aryl methyl sites for hydroxylation is 1. The summed E-state index contributed by atoms with van der Waals surface area (Å²) in [6.07, 6.45) is 3.79. The largest absolute Gasteiger partial charge is 0.377 e. The minimum absolute atomic E-state index is 0.0538. The van der Waals surface area contributed by atoms with E-state index >= 15 is 0 Å². The molecule has 1 aliphatic heterocycles. The molecule has 0 spiro atoms. The molecule has 0 aromatic carbocycles. The third kappa shape index (κ3) is 4.54. The molecular formula is C18H27N7O2. The van der Waals surface area contributed by atoms with Crippen LogP contribution in [0.4, 0.5) is 11.8 Å². The fourth-order valence-corrected chi connectivity index (χ4v) is 3.17. The minimum Gasteiger partial charge on any atom is -0.377 e. The molecule has 0 aliphatic carbocycles. The minimum atomic E-state index is -0.103. The second kappa shape index (κ2) is 8.34. The van der Waals surface area contributed by atoms with E-state index in [0.29, 0.717) is 19.0 Å². The number of ether oxygens (including phenoxy) is 1. The van der Waals surface area contributed by atoms with E-state index in [-0.39, 0.29) is 24.5 Å². The van der Waals surface area contributed by atoms with E-state index < -0.39 is 0 Å². The first-order chi connectivity index (χ1) is 13.0. The highest BCUT2D eigenvalue weighted by molar-refractivity contribution is 5.78. The molecule has 1 fully saturated rings. The lowest BCUT2D eigenvalue weighted by Gasteiger charge is -2.19. The first-order valence-electron chi connectivity index (χ1n) is 9.10. The van der Waals surface area contributed by atoms with Gasteiger partial charge in [0.05, 0.1) is 24.3 Å². The van der Waals surface area contributed by atoms with Crippen molar-refractivity contribution in [3.05, 3.63) is 30.2 Å². The fraction of sp³-hybridized carbons (Fsp3) is 0.556. The molecule has 2 atom stereocenters. The predicted molar refractivity (Wildman–Crippen MR) is 103 cm³/mol. The summed E-state index contributed by atoms with van der Waals surface area (Å²) in [6, 6.07) is 3.65. The lowest BCUT2D eigenvalue weighted by atomic mass is 10.2. The first kappa shape index (κ1) is 19.1. The summed E-state index contributed by atoms with van der Waals surface area (Å²) < 4.78 is 7.41. The smallest absolute Gasteiger partial charge is 0.226 e. The van der Waals surface area contributed by atoms with E-state index in [1.165, 1.54) is 0 Å². The lowest BCUT2D eigenvalue weighted by molar-refractivity contribution is -0.121. The van der Waals surface area contributed by atoms with Gasteiger partial charge in [0.1, 0.15) is 5.82 Å². The first-order valence-corrected chi connectivity index (χ1v) is 9.10. The number of nitrogens with one attached hydrogen (secondary N) is 1. The number of carbonyl (C=O) groups is 1. The Balaban J connectivity index is 1.63. The van der Waals surface area contributed by atoms with Gasteiger partial charge in [-0.25, -0.2) is 4.98 Å². The number of carbonyl (C=O) groups excluding carboxylic acids is 1. The Kier molecular flexibility index (Phi) is 5.90. The van der Waals surface area contributed by atoms with Crippen LogP contribution >= 0.6 is 0 Å². The molecule has 3 rings (SSSR count). The van der Waals surface area contributed by atoms with Crippen LogP contribution in [0, 0.1) is 0 Å². The Bertz CT molecular complexity index is 777. The third-order valence-corrected chi connectivity index (χ3v) is 4.63. The highest BCUT2D eigenvalue weighted by Crippen LogP contribution is 2.21. The van der Waals surface area contributed by atoms with Crippen molar-refractivity contribution in [1.29, 1.82) is 0 Å². The van der Waals surface area contributed by atoms with Gasteiger partial charge in [0.15, 0.2) is 0 Å². The summed E-state index contributed by atoms with van der Waals surface area (Å²) in [5, 5.41) is 7.45. The van der Waals surface area contributed by atoms with E-state index in [0.717, 1.165) is 18.1 Å². The van der Waals surface area contributed by atoms with Crippen LogP contribution in [0.1, 0.15) is 12.6 Å². The Hall–Kier alpha value is -2.68. The summed E-state index contributed by atoms with van der Waals surface area (Å²) >= 11 is 0. The molecule has 146 valence electrons. The summed E-state index contributed by atoms with van der Waals surface area (Å²) in [7, 11) is 5.48. The van der Waals surface area contributed by atoms with Crippen molar-refractivity contribution in [1.82, 2.24) is 25.1 Å². The van der Waals surface area contributed by atoms with Crippen molar-refractivity contribution in [3.63, 3.8) is 0 Å². The van der Waals surface area contributed by atoms with Gasteiger partial charge in [-0.1, -0.05) is 0 Å². The van der Waals surface area contributed by atoms with Crippen LogP contribution in [0.15, 0.2) is 24.5 Å². The van der Waals surface area contributed by atoms with Crippen molar-refractivity contribution >= 4 is 17.7 Å². The van der Waals surface area contributed by atoms with Crippen LogP contribution < -0.4 is 15.1 Å². The second-order valence-electron chi connectivity index (χ2n) is 6.80. The van der Waals surface area contributed by atoms with E-state index in [9.17, 15) is 4.79 Å². The molecule has 0 radical (unpaired) electrons. The van der Waals surface area contributed by atoms with Crippen LogP contribution in [0.25, 0.3) is 0 Å². The normalized spacial score (nSPS) is 19.3. The zero-order valence-electron chi connectivity index (χ0n) is 16.3. The van der Waals surface area contributed by atoms with Gasteiger partial charge in [0.25, 0.3) is 0 Å². The molecule has 2 aromatic heterocycles. The Labute approximate surface area is 159 Å². The van der Waals surface area contributed by atoms with Gasteiger partial charge in [0.2, 0.25) is 11.9 Å². The highest BCUT2D eigenvalue weighted by atomic mass is 16.5. The predicted octanol–water partition coefficient (Wildman–Crippen LogP) is 0.322. The number of amides is 1. The van der Waals surface area contributed by atoms with Gasteiger partial charge >= 0.3 is 0 Å². The zero-order chi connectivity index (χ0) is 19.4. The molecule has 9 heteroatoms. The SMILES string of the molecule is CCn1ccc(CC(=O)N[C@@H]2CN(c3ccnc(N(C)C)n3)C[C@@H]2OC)n1. The summed E-state index contributed by atoms with van der Waals surface area (Å²) in [5.74, 6) is 1.43. The van der Waals surface area contributed by atoms with Gasteiger partial charge in [-0.2, -0.15) is 10.1 Å². The number of hydrogen-bond donors (Lipinski definition) is 1. The molecule has 0 bridgehead atoms. The fourth-order valence-electron chi connectivity index (χ4n) is 3.17. The number of nitrogens with zero attached hydrogens (tertiary/aromatic N) is 6. The maximum Gasteiger partial charge on any atom is 0.226 e. The van der Waals surface area contributed by atoms with E-state index in [2.05, 4.69) is 25.3 Å². The monoisotopic (exact) mass is 373 g/mol. The third-order valence-electron chi connectivity index (χ3n) is 4.63. The maximum absolute atomic E-state index is 12.4. The van der Waals surface area contributed by atoms with Crippen LogP contribution in [0.3, 0.4) is 0 Å². The molecule has 27 heavy (non-hydrogen) atoms. The van der Waals surface area contributed by atoms with Crippen molar-refractivity contribution in [2.45, 2.75) is 32.0 Å². The Morgan fingerprint density at radius 3 is 2.85 bits per heavy atom. The molecule has 1 amide bonds. The van der Waals surface area contributed by atoms with Crippen LogP contribution in [-0.2, 0) is 22.5 Å². The highest BCUT2D eigenvalue weighted by Gasteiger charge is 2.34. The van der Waals surface area contributed by atoms with E-state index in [1.54, 1.807) is 13.3 Å². The average molecular weight is 373 g/mol. The number of methoxy groups -OCH3 is 1. The molecule has 3 heterocycles. The maximum atomic E-state index is 12.4. The van der Waals surface area contributed by atoms with Crippen molar-refractivity contribution < 1.29 is 9.53 Å². The molecule has 0 saturated carbocycles. The van der Waals surface area contributed by atoms with Crippen LogP contribution in [-0.4, -0.2) is 72.1 Å². The van der Waals surface area contributed by atoms with Gasteiger partial charge < -0.3 is 19.9 Å². The second-order valence-corrected chi connectivity index (χ2v) is 6.80. The summed E-state index contributed by atoms with van der Waals surface area (Å²) in [4.78, 5) is 25.2. The van der Waals surface area contributed by atoms with Gasteiger partial charge in [-0.15, -0.1) is 0 Å². The van der Waals surface area contributed by atoms with E-state index in [1.807, 2.05) is 48.9 Å². The van der Waals surface area contributed by atoms with Crippen molar-refractivity contribution in [3.8, 4) is 0 Å². The van der Waals surface area contributed by atoms with Gasteiger partial charge in [-0.05, 0) is 19.1 Å². The molecule has 1 aliphatic rings. The lowest BCUT2D eigenvalue weighted by Crippen LogP contribution is -2.44. The molecular weight excluding hydrogens is 346 g/mol. The Morgan fingerprint density at radius 1 is 1.37 bits per heavy atom.